The van der Waals surface area contributed by atoms with E-state index in [0.29, 0.717) is 11.2 Å². The van der Waals surface area contributed by atoms with Crippen LogP contribution in [0, 0.1) is 0 Å². The fourth-order valence-electron chi connectivity index (χ4n) is 3.08. The molecular weight excluding hydrogens is 324 g/mol. The van der Waals surface area contributed by atoms with Crippen LogP contribution in [0.5, 0.6) is 0 Å². The van der Waals surface area contributed by atoms with E-state index in [9.17, 15) is 0 Å². The average Bonchev–Trinajstić information content (AvgIpc) is 3.21. The first-order valence-corrected chi connectivity index (χ1v) is 8.96. The summed E-state index contributed by atoms with van der Waals surface area (Å²) in [5.74, 6) is 0. The van der Waals surface area contributed by atoms with E-state index in [-0.39, 0.29) is 6.04 Å². The first kappa shape index (κ1) is 15.3. The molecule has 0 spiro atoms. The van der Waals surface area contributed by atoms with Crippen LogP contribution < -0.4 is 16.0 Å². The van der Waals surface area contributed by atoms with Crippen LogP contribution >= 0.6 is 11.3 Å². The Hall–Kier alpha value is -2.19. The van der Waals surface area contributed by atoms with Gasteiger partial charge in [-0.2, -0.15) is 4.98 Å². The van der Waals surface area contributed by atoms with Crippen molar-refractivity contribution in [2.45, 2.75) is 31.8 Å². The van der Waals surface area contributed by atoms with E-state index < -0.39 is 0 Å². The minimum atomic E-state index is 0.167. The maximum absolute atomic E-state index is 5.86. The number of anilines is 2. The molecule has 1 atom stereocenters. The van der Waals surface area contributed by atoms with Gasteiger partial charge in [-0.1, -0.05) is 23.5 Å². The molecule has 1 saturated heterocycles. The van der Waals surface area contributed by atoms with Crippen LogP contribution in [0.2, 0.25) is 0 Å². The van der Waals surface area contributed by atoms with Gasteiger partial charge in [-0.25, -0.2) is 0 Å². The maximum atomic E-state index is 5.86. The van der Waals surface area contributed by atoms with Crippen molar-refractivity contribution in [2.24, 2.45) is 0 Å². The fourth-order valence-corrected chi connectivity index (χ4v) is 3.70. The molecule has 0 aliphatic carbocycles. The van der Waals surface area contributed by atoms with Gasteiger partial charge < -0.3 is 20.4 Å². The Balaban J connectivity index is 1.36. The van der Waals surface area contributed by atoms with Gasteiger partial charge in [0.25, 0.3) is 6.01 Å². The molecule has 7 nitrogen and oxygen atoms in total. The summed E-state index contributed by atoms with van der Waals surface area (Å²) in [7, 11) is 0. The van der Waals surface area contributed by atoms with E-state index in [1.807, 2.05) is 24.3 Å². The number of nitrogen functional groups attached to an aromatic ring is 1. The lowest BCUT2D eigenvalue weighted by molar-refractivity contribution is 0.370. The summed E-state index contributed by atoms with van der Waals surface area (Å²) in [6, 6.07) is 9.22. The van der Waals surface area contributed by atoms with Crippen LogP contribution in [0.1, 0.15) is 30.8 Å². The second-order valence-corrected chi connectivity index (χ2v) is 7.13. The highest BCUT2D eigenvalue weighted by Crippen LogP contribution is 2.26. The van der Waals surface area contributed by atoms with Gasteiger partial charge in [0.1, 0.15) is 10.5 Å². The highest BCUT2D eigenvalue weighted by molar-refractivity contribution is 7.15. The fraction of sp³-hybridized carbons (Fsp3) is 0.438. The predicted molar refractivity (Wildman–Crippen MR) is 95.1 cm³/mol. The second kappa shape index (κ2) is 6.37. The first-order chi connectivity index (χ1) is 11.7. The normalized spacial score (nSPS) is 17.5. The number of rotatable bonds is 4. The molecule has 3 heterocycles. The zero-order valence-electron chi connectivity index (χ0n) is 13.5. The molecule has 3 N–H and O–H groups in total. The van der Waals surface area contributed by atoms with Crippen molar-refractivity contribution in [1.82, 2.24) is 20.5 Å². The summed E-state index contributed by atoms with van der Waals surface area (Å²) in [4.78, 5) is 6.80. The number of nitrogens with two attached hydrogens (primary N) is 1. The molecule has 1 aliphatic rings. The van der Waals surface area contributed by atoms with E-state index in [1.165, 1.54) is 11.3 Å². The molecule has 8 heteroatoms. The quantitative estimate of drug-likeness (QED) is 0.751. The zero-order chi connectivity index (χ0) is 16.5. The van der Waals surface area contributed by atoms with Crippen LogP contribution in [0.4, 0.5) is 11.1 Å². The summed E-state index contributed by atoms with van der Waals surface area (Å²) < 4.78 is 5.86. The molecule has 4 rings (SSSR count). The minimum absolute atomic E-state index is 0.167. The Morgan fingerprint density at radius 3 is 2.79 bits per heavy atom. The molecule has 0 amide bonds. The van der Waals surface area contributed by atoms with Crippen molar-refractivity contribution in [3.8, 4) is 0 Å². The third-order valence-corrected chi connectivity index (χ3v) is 5.30. The van der Waals surface area contributed by atoms with Gasteiger partial charge in [-0.15, -0.1) is 10.2 Å². The first-order valence-electron chi connectivity index (χ1n) is 8.14. The van der Waals surface area contributed by atoms with Crippen molar-refractivity contribution in [3.63, 3.8) is 0 Å². The number of benzene rings is 1. The number of hydrogen-bond acceptors (Lipinski definition) is 8. The van der Waals surface area contributed by atoms with E-state index in [4.69, 9.17) is 10.2 Å². The van der Waals surface area contributed by atoms with Crippen LogP contribution in [-0.2, 0) is 0 Å². The molecule has 1 aliphatic heterocycles. The van der Waals surface area contributed by atoms with Crippen LogP contribution in [0.25, 0.3) is 11.1 Å². The molecule has 3 aromatic rings. The van der Waals surface area contributed by atoms with Gasteiger partial charge in [0.15, 0.2) is 5.58 Å². The minimum Gasteiger partial charge on any atom is -0.423 e. The predicted octanol–water partition coefficient (Wildman–Crippen LogP) is 2.58. The highest BCUT2D eigenvalue weighted by Gasteiger charge is 2.24. The molecule has 1 aromatic carbocycles. The molecule has 0 bridgehead atoms. The number of fused-ring (bicyclic) bond motifs is 1. The molecule has 24 heavy (non-hydrogen) atoms. The molecule has 1 fully saturated rings. The van der Waals surface area contributed by atoms with E-state index in [0.717, 1.165) is 48.1 Å². The number of nitrogens with zero attached hydrogens (tertiary/aromatic N) is 4. The topological polar surface area (TPSA) is 93.1 Å². The summed E-state index contributed by atoms with van der Waals surface area (Å²) >= 11 is 1.44. The number of oxazole rings is 1. The van der Waals surface area contributed by atoms with Gasteiger partial charge in [-0.3, -0.25) is 0 Å². The third kappa shape index (κ3) is 3.07. The number of piperidine rings is 1. The Morgan fingerprint density at radius 1 is 1.29 bits per heavy atom. The van der Waals surface area contributed by atoms with Gasteiger partial charge in [-0.05, 0) is 31.9 Å². The number of para-hydroxylation sites is 2. The molecule has 126 valence electrons. The Bertz CT molecular complexity index is 790. The van der Waals surface area contributed by atoms with Crippen molar-refractivity contribution >= 4 is 33.6 Å². The lowest BCUT2D eigenvalue weighted by Gasteiger charge is -2.32. The Labute approximate surface area is 143 Å². The van der Waals surface area contributed by atoms with E-state index >= 15 is 0 Å². The average molecular weight is 344 g/mol. The van der Waals surface area contributed by atoms with Crippen LogP contribution in [-0.4, -0.2) is 34.3 Å². The van der Waals surface area contributed by atoms with Gasteiger partial charge in [0.2, 0.25) is 5.13 Å². The monoisotopic (exact) mass is 344 g/mol. The van der Waals surface area contributed by atoms with E-state index in [2.05, 4.69) is 32.3 Å². The largest absolute Gasteiger partial charge is 0.423 e. The summed E-state index contributed by atoms with van der Waals surface area (Å²) in [5, 5.41) is 13.1. The SMILES string of the molecule is C[C@@H](NC1CCN(c2nc3ccccc3o2)CC1)c1nnc(N)s1. The molecule has 0 saturated carbocycles. The van der Waals surface area contributed by atoms with Crippen LogP contribution in [0.15, 0.2) is 28.7 Å². The smallest absolute Gasteiger partial charge is 0.298 e. The Kier molecular flexibility index (Phi) is 4.07. The number of hydrogen-bond donors (Lipinski definition) is 2. The lowest BCUT2D eigenvalue weighted by Crippen LogP contribution is -2.43. The zero-order valence-corrected chi connectivity index (χ0v) is 14.3. The molecule has 2 aromatic heterocycles. The number of aromatic nitrogens is 3. The number of nitrogens with one attached hydrogen (secondary N) is 1. The highest BCUT2D eigenvalue weighted by atomic mass is 32.1. The lowest BCUT2D eigenvalue weighted by atomic mass is 10.0. The van der Waals surface area contributed by atoms with Crippen molar-refractivity contribution in [3.05, 3.63) is 29.3 Å². The van der Waals surface area contributed by atoms with Crippen molar-refractivity contribution in [2.75, 3.05) is 23.7 Å². The van der Waals surface area contributed by atoms with Crippen molar-refractivity contribution < 1.29 is 4.42 Å². The molecule has 0 unspecified atom stereocenters. The maximum Gasteiger partial charge on any atom is 0.298 e. The summed E-state index contributed by atoms with van der Waals surface area (Å²) in [5.41, 5.74) is 7.41. The Morgan fingerprint density at radius 2 is 2.08 bits per heavy atom. The van der Waals surface area contributed by atoms with Crippen LogP contribution in [0.3, 0.4) is 0 Å². The van der Waals surface area contributed by atoms with E-state index in [1.54, 1.807) is 0 Å². The molecule has 0 radical (unpaired) electrons. The van der Waals surface area contributed by atoms with Gasteiger partial charge >= 0.3 is 0 Å². The summed E-state index contributed by atoms with van der Waals surface area (Å²) in [6.07, 6.45) is 2.08. The summed E-state index contributed by atoms with van der Waals surface area (Å²) in [6.45, 7) is 3.96. The van der Waals surface area contributed by atoms with Crippen molar-refractivity contribution in [1.29, 1.82) is 0 Å². The second-order valence-electron chi connectivity index (χ2n) is 6.09. The third-order valence-electron chi connectivity index (χ3n) is 4.36. The van der Waals surface area contributed by atoms with Gasteiger partial charge in [0, 0.05) is 19.1 Å². The standard InChI is InChI=1S/C16H20N6OS/c1-10(14-20-21-15(17)24-14)18-11-6-8-22(9-7-11)16-19-12-4-2-3-5-13(12)23-16/h2-5,10-11,18H,6-9H2,1H3,(H2,17,21)/t10-/m1/s1. The van der Waals surface area contributed by atoms with Gasteiger partial charge in [0.05, 0.1) is 6.04 Å². The molecular formula is C16H20N6OS.